The van der Waals surface area contributed by atoms with Crippen LogP contribution in [0.2, 0.25) is 0 Å². The topological polar surface area (TPSA) is 77.8 Å². The molecule has 0 amide bonds. The molecule has 0 radical (unpaired) electrons. The minimum absolute atomic E-state index is 0.0204. The van der Waals surface area contributed by atoms with Gasteiger partial charge in [-0.1, -0.05) is 53.2 Å². The maximum atomic E-state index is 12.8. The van der Waals surface area contributed by atoms with Crippen molar-refractivity contribution in [3.63, 3.8) is 0 Å². The average Bonchev–Trinajstić information content (AvgIpc) is 2.76. The monoisotopic (exact) mass is 472 g/mol. The number of carboxylic acids is 1. The van der Waals surface area contributed by atoms with Gasteiger partial charge < -0.3 is 15.3 Å². The highest BCUT2D eigenvalue weighted by Crippen LogP contribution is 2.75. The highest BCUT2D eigenvalue weighted by atomic mass is 16.4. The molecule has 4 saturated carbocycles. The van der Waals surface area contributed by atoms with Crippen molar-refractivity contribution in [2.45, 2.75) is 112 Å². The highest BCUT2D eigenvalue weighted by Gasteiger charge is 2.69. The number of fused-ring (bicyclic) bond motifs is 7. The molecule has 4 fully saturated rings. The van der Waals surface area contributed by atoms with Gasteiger partial charge in [-0.2, -0.15) is 0 Å². The summed E-state index contributed by atoms with van der Waals surface area (Å²) in [6, 6.07) is 0. The van der Waals surface area contributed by atoms with Gasteiger partial charge in [-0.15, -0.1) is 0 Å². The lowest BCUT2D eigenvalue weighted by Crippen LogP contribution is -2.65. The Morgan fingerprint density at radius 2 is 1.62 bits per heavy atom. The molecule has 0 aliphatic heterocycles. The predicted octanol–water partition coefficient (Wildman–Crippen LogP) is 6.21. The Bertz CT molecular complexity index is 907. The van der Waals surface area contributed by atoms with Crippen LogP contribution in [0.4, 0.5) is 0 Å². The van der Waals surface area contributed by atoms with Crippen LogP contribution in [0.3, 0.4) is 0 Å². The largest absolute Gasteiger partial charge is 0.481 e. The van der Waals surface area contributed by atoms with Crippen LogP contribution in [0.1, 0.15) is 106 Å². The fraction of sp³-hybridized carbons (Fsp3) is 0.900. The number of aliphatic hydroxyl groups is 2. The first-order chi connectivity index (χ1) is 15.7. The van der Waals surface area contributed by atoms with Gasteiger partial charge in [0.05, 0.1) is 18.1 Å². The van der Waals surface area contributed by atoms with Gasteiger partial charge in [-0.25, -0.2) is 0 Å². The number of hydrogen-bond acceptors (Lipinski definition) is 3. The van der Waals surface area contributed by atoms with Crippen LogP contribution in [0.25, 0.3) is 0 Å². The molecular weight excluding hydrogens is 424 g/mol. The van der Waals surface area contributed by atoms with Crippen LogP contribution in [0.5, 0.6) is 0 Å². The Morgan fingerprint density at radius 1 is 0.941 bits per heavy atom. The lowest BCUT2D eigenvalue weighted by atomic mass is 9.33. The third kappa shape index (κ3) is 2.88. The summed E-state index contributed by atoms with van der Waals surface area (Å²) in [7, 11) is 0. The van der Waals surface area contributed by atoms with Gasteiger partial charge in [0.15, 0.2) is 0 Å². The number of aliphatic carboxylic acids is 1. The first kappa shape index (κ1) is 24.8. The minimum Gasteiger partial charge on any atom is -0.481 e. The molecule has 3 N–H and O–H groups in total. The molecule has 0 aromatic heterocycles. The predicted molar refractivity (Wildman–Crippen MR) is 134 cm³/mol. The summed E-state index contributed by atoms with van der Waals surface area (Å²) in [5, 5.41) is 31.8. The van der Waals surface area contributed by atoms with E-state index >= 15 is 0 Å². The van der Waals surface area contributed by atoms with E-state index in [-0.39, 0.29) is 34.2 Å². The molecule has 5 rings (SSSR count). The average molecular weight is 473 g/mol. The number of hydrogen-bond donors (Lipinski definition) is 3. The summed E-state index contributed by atoms with van der Waals surface area (Å²) in [5.41, 5.74) is 0.858. The fourth-order valence-electron chi connectivity index (χ4n) is 10.7. The molecule has 0 heterocycles. The van der Waals surface area contributed by atoms with Crippen molar-refractivity contribution in [1.29, 1.82) is 0 Å². The Kier molecular flexibility index (Phi) is 5.36. The lowest BCUT2D eigenvalue weighted by Gasteiger charge is -2.71. The Morgan fingerprint density at radius 3 is 2.26 bits per heavy atom. The number of allylic oxidation sites excluding steroid dienone is 2. The number of aliphatic hydroxyl groups excluding tert-OH is 2. The summed E-state index contributed by atoms with van der Waals surface area (Å²) in [6.07, 6.45) is 11.6. The zero-order valence-corrected chi connectivity index (χ0v) is 22.4. The van der Waals surface area contributed by atoms with E-state index in [0.29, 0.717) is 11.8 Å². The van der Waals surface area contributed by atoms with Crippen LogP contribution in [-0.2, 0) is 4.79 Å². The van der Waals surface area contributed by atoms with Crippen LogP contribution in [0, 0.1) is 50.2 Å². The molecule has 2 unspecified atom stereocenters. The summed E-state index contributed by atoms with van der Waals surface area (Å²) < 4.78 is 0. The molecular formula is C30H48O4. The normalized spacial score (nSPS) is 54.1. The van der Waals surface area contributed by atoms with Gasteiger partial charge in [-0.05, 0) is 104 Å². The minimum atomic E-state index is -0.588. The summed E-state index contributed by atoms with van der Waals surface area (Å²) in [6.45, 7) is 14.3. The van der Waals surface area contributed by atoms with E-state index in [9.17, 15) is 20.1 Å². The van der Waals surface area contributed by atoms with Crippen LogP contribution in [0.15, 0.2) is 11.6 Å². The highest BCUT2D eigenvalue weighted by molar-refractivity contribution is 5.76. The van der Waals surface area contributed by atoms with Crippen molar-refractivity contribution in [2.75, 3.05) is 6.61 Å². The van der Waals surface area contributed by atoms with Gasteiger partial charge in [0.1, 0.15) is 0 Å². The second-order valence-corrected chi connectivity index (χ2v) is 14.9. The van der Waals surface area contributed by atoms with Crippen molar-refractivity contribution in [3.05, 3.63) is 11.6 Å². The molecule has 0 saturated heterocycles. The third-order valence-corrected chi connectivity index (χ3v) is 13.2. The van der Waals surface area contributed by atoms with E-state index in [4.69, 9.17) is 0 Å². The first-order valence-corrected chi connectivity index (χ1v) is 13.9. The van der Waals surface area contributed by atoms with E-state index in [0.717, 1.165) is 64.2 Å². The van der Waals surface area contributed by atoms with Gasteiger partial charge >= 0.3 is 5.97 Å². The molecule has 4 heteroatoms. The van der Waals surface area contributed by atoms with Gasteiger partial charge in [0.2, 0.25) is 0 Å². The van der Waals surface area contributed by atoms with E-state index in [1.807, 2.05) is 0 Å². The van der Waals surface area contributed by atoms with Crippen LogP contribution in [-0.4, -0.2) is 34.0 Å². The summed E-state index contributed by atoms with van der Waals surface area (Å²) >= 11 is 0. The zero-order chi connectivity index (χ0) is 24.9. The van der Waals surface area contributed by atoms with Crippen LogP contribution < -0.4 is 0 Å². The molecule has 4 nitrogen and oxygen atoms in total. The molecule has 0 aromatic rings. The fourth-order valence-corrected chi connectivity index (χ4v) is 10.7. The quantitative estimate of drug-likeness (QED) is 0.418. The van der Waals surface area contributed by atoms with Crippen molar-refractivity contribution < 1.29 is 20.1 Å². The van der Waals surface area contributed by atoms with Gasteiger partial charge in [0.25, 0.3) is 0 Å². The van der Waals surface area contributed by atoms with Crippen molar-refractivity contribution in [3.8, 4) is 0 Å². The summed E-state index contributed by atoms with van der Waals surface area (Å²) in [4.78, 5) is 12.8. The smallest absolute Gasteiger partial charge is 0.310 e. The van der Waals surface area contributed by atoms with Gasteiger partial charge in [0, 0.05) is 5.41 Å². The second-order valence-electron chi connectivity index (χ2n) is 14.9. The second kappa shape index (κ2) is 7.34. The molecule has 0 bridgehead atoms. The maximum Gasteiger partial charge on any atom is 0.310 e. The molecule has 5 aliphatic carbocycles. The SMILES string of the molecule is CC1(C)CC[C@]2(C(=O)O)CC[C@]3(C)C(=CCC4[C@@]5(C)CC[C@H](O)[C@@](C)(CO)C5CC[C@]43C)[C@@H]2C1. The Balaban J connectivity index is 1.60. The number of rotatable bonds is 2. The van der Waals surface area contributed by atoms with E-state index in [1.54, 1.807) is 0 Å². The standard InChI is InChI=1S/C30H48O4/c1-25(2)13-15-30(24(33)34)16-14-28(5)19(20(30)17-25)7-8-22-26(3)11-10-23(32)27(4,18-31)21(26)9-12-29(22,28)6/h7,20-23,31-32H,8-18H2,1-6H3,(H,33,34)/t20-,21?,22?,23-,26-,27-,28+,29+,30-/m0/s1. The lowest BCUT2D eigenvalue weighted by molar-refractivity contribution is -0.216. The Labute approximate surface area is 206 Å². The first-order valence-electron chi connectivity index (χ1n) is 13.9. The van der Waals surface area contributed by atoms with Crippen molar-refractivity contribution in [2.24, 2.45) is 50.2 Å². The van der Waals surface area contributed by atoms with E-state index < -0.39 is 22.9 Å². The summed E-state index contributed by atoms with van der Waals surface area (Å²) in [5.74, 6) is 0.395. The zero-order valence-electron chi connectivity index (χ0n) is 22.4. The molecule has 0 aromatic carbocycles. The Hall–Kier alpha value is -0.870. The van der Waals surface area contributed by atoms with E-state index in [2.05, 4.69) is 47.6 Å². The number of carboxylic acid groups (broad SMARTS) is 1. The van der Waals surface area contributed by atoms with Gasteiger partial charge in [-0.3, -0.25) is 4.79 Å². The third-order valence-electron chi connectivity index (χ3n) is 13.2. The molecule has 5 aliphatic rings. The molecule has 0 spiro atoms. The molecule has 9 atom stereocenters. The van der Waals surface area contributed by atoms with Crippen molar-refractivity contribution >= 4 is 5.97 Å². The van der Waals surface area contributed by atoms with E-state index in [1.165, 1.54) is 5.57 Å². The molecule has 192 valence electrons. The molecule has 34 heavy (non-hydrogen) atoms. The number of carbonyl (C=O) groups is 1. The van der Waals surface area contributed by atoms with Crippen LogP contribution >= 0.6 is 0 Å². The maximum absolute atomic E-state index is 12.8. The van der Waals surface area contributed by atoms with Crippen molar-refractivity contribution in [1.82, 2.24) is 0 Å².